The van der Waals surface area contributed by atoms with Crippen molar-refractivity contribution in [1.82, 2.24) is 4.90 Å². The Morgan fingerprint density at radius 2 is 1.82 bits per heavy atom. The third-order valence-corrected chi connectivity index (χ3v) is 5.30. The number of rotatable bonds is 4. The zero-order valence-corrected chi connectivity index (χ0v) is 16.1. The minimum atomic E-state index is -0.282. The fraction of sp³-hybridized carbons (Fsp3) is 0.364. The summed E-state index contributed by atoms with van der Waals surface area (Å²) in [4.78, 5) is 29.1. The van der Waals surface area contributed by atoms with Crippen LogP contribution in [0.3, 0.4) is 0 Å². The minimum absolute atomic E-state index is 0.00554. The Morgan fingerprint density at radius 3 is 2.57 bits per heavy atom. The molecule has 6 heteroatoms. The average Bonchev–Trinajstić information content (AvgIpc) is 3.09. The summed E-state index contributed by atoms with van der Waals surface area (Å²) in [5, 5.41) is 3.31. The Bertz CT molecular complexity index is 860. The van der Waals surface area contributed by atoms with Crippen LogP contribution in [0.5, 0.6) is 0 Å². The van der Waals surface area contributed by atoms with E-state index in [1.807, 2.05) is 65.3 Å². The molecule has 2 fully saturated rings. The van der Waals surface area contributed by atoms with Crippen molar-refractivity contribution in [1.29, 1.82) is 0 Å². The molecule has 6 nitrogen and oxygen atoms in total. The highest BCUT2D eigenvalue weighted by Gasteiger charge is 2.32. The van der Waals surface area contributed by atoms with Gasteiger partial charge in [-0.15, -0.1) is 0 Å². The van der Waals surface area contributed by atoms with E-state index in [-0.39, 0.29) is 17.9 Å². The molecule has 2 aromatic carbocycles. The first-order valence-electron chi connectivity index (χ1n) is 9.73. The SMILES string of the molecule is Cc1ccc(N2CC[C@@H](Nc3cccc(C(=O)N4CCOCC4)c3)C2=O)cc1. The summed E-state index contributed by atoms with van der Waals surface area (Å²) in [5.41, 5.74) is 3.53. The second kappa shape index (κ2) is 8.02. The van der Waals surface area contributed by atoms with Crippen LogP contribution in [0.4, 0.5) is 11.4 Å². The zero-order valence-electron chi connectivity index (χ0n) is 16.1. The van der Waals surface area contributed by atoms with Gasteiger partial charge in [-0.2, -0.15) is 0 Å². The summed E-state index contributed by atoms with van der Waals surface area (Å²) in [6, 6.07) is 15.1. The number of anilines is 2. The predicted molar refractivity (Wildman–Crippen MR) is 109 cm³/mol. The molecule has 28 heavy (non-hydrogen) atoms. The van der Waals surface area contributed by atoms with Gasteiger partial charge in [0.25, 0.3) is 5.91 Å². The quantitative estimate of drug-likeness (QED) is 0.887. The highest BCUT2D eigenvalue weighted by atomic mass is 16.5. The Labute approximate surface area is 165 Å². The van der Waals surface area contributed by atoms with E-state index in [1.165, 1.54) is 5.56 Å². The first-order valence-corrected chi connectivity index (χ1v) is 9.73. The van der Waals surface area contributed by atoms with E-state index in [0.717, 1.165) is 17.8 Å². The number of aryl methyl sites for hydroxylation is 1. The molecule has 1 atom stereocenters. The highest BCUT2D eigenvalue weighted by Crippen LogP contribution is 2.24. The Kier molecular flexibility index (Phi) is 5.30. The maximum Gasteiger partial charge on any atom is 0.254 e. The van der Waals surface area contributed by atoms with Crippen molar-refractivity contribution in [3.05, 3.63) is 59.7 Å². The molecule has 1 N–H and O–H groups in total. The number of morpholine rings is 1. The fourth-order valence-electron chi connectivity index (χ4n) is 3.69. The second-order valence-electron chi connectivity index (χ2n) is 7.30. The molecule has 2 amide bonds. The molecule has 0 bridgehead atoms. The van der Waals surface area contributed by atoms with E-state index >= 15 is 0 Å². The van der Waals surface area contributed by atoms with Gasteiger partial charge in [0.15, 0.2) is 0 Å². The van der Waals surface area contributed by atoms with Gasteiger partial charge < -0.3 is 19.9 Å². The smallest absolute Gasteiger partial charge is 0.254 e. The van der Waals surface area contributed by atoms with Crippen LogP contribution in [0, 0.1) is 6.92 Å². The first-order chi connectivity index (χ1) is 13.6. The average molecular weight is 379 g/mol. The molecule has 0 unspecified atom stereocenters. The van der Waals surface area contributed by atoms with Crippen molar-refractivity contribution in [3.8, 4) is 0 Å². The van der Waals surface area contributed by atoms with Crippen molar-refractivity contribution in [2.75, 3.05) is 43.1 Å². The summed E-state index contributed by atoms with van der Waals surface area (Å²) in [6.07, 6.45) is 0.731. The molecule has 2 saturated heterocycles. The fourth-order valence-corrected chi connectivity index (χ4v) is 3.69. The standard InChI is InChI=1S/C22H25N3O3/c1-16-5-7-19(8-6-16)25-10-9-20(22(25)27)23-18-4-2-3-17(15-18)21(26)24-11-13-28-14-12-24/h2-8,15,20,23H,9-14H2,1H3/t20-/m1/s1. The Morgan fingerprint density at radius 1 is 1.07 bits per heavy atom. The van der Waals surface area contributed by atoms with E-state index in [4.69, 9.17) is 4.74 Å². The lowest BCUT2D eigenvalue weighted by atomic mass is 10.1. The van der Waals surface area contributed by atoms with Crippen LogP contribution in [0.1, 0.15) is 22.3 Å². The number of amides is 2. The van der Waals surface area contributed by atoms with Crippen LogP contribution < -0.4 is 10.2 Å². The van der Waals surface area contributed by atoms with Crippen LogP contribution in [0.15, 0.2) is 48.5 Å². The van der Waals surface area contributed by atoms with Gasteiger partial charge in [-0.05, 0) is 43.7 Å². The number of carbonyl (C=O) groups excluding carboxylic acids is 2. The molecule has 2 aliphatic heterocycles. The molecule has 0 saturated carbocycles. The highest BCUT2D eigenvalue weighted by molar-refractivity contribution is 6.01. The molecule has 2 heterocycles. The Hall–Kier alpha value is -2.86. The van der Waals surface area contributed by atoms with Gasteiger partial charge in [-0.25, -0.2) is 0 Å². The largest absolute Gasteiger partial charge is 0.378 e. The van der Waals surface area contributed by atoms with Gasteiger partial charge >= 0.3 is 0 Å². The van der Waals surface area contributed by atoms with E-state index in [0.29, 0.717) is 38.4 Å². The van der Waals surface area contributed by atoms with Crippen molar-refractivity contribution in [2.24, 2.45) is 0 Å². The molecule has 4 rings (SSSR count). The number of ether oxygens (including phenoxy) is 1. The summed E-state index contributed by atoms with van der Waals surface area (Å²) >= 11 is 0. The van der Waals surface area contributed by atoms with Crippen molar-refractivity contribution in [2.45, 2.75) is 19.4 Å². The number of nitrogens with zero attached hydrogens (tertiary/aromatic N) is 2. The topological polar surface area (TPSA) is 61.9 Å². The predicted octanol–water partition coefficient (Wildman–Crippen LogP) is 2.68. The van der Waals surface area contributed by atoms with Gasteiger partial charge in [0.05, 0.1) is 13.2 Å². The van der Waals surface area contributed by atoms with Crippen LogP contribution in [0.2, 0.25) is 0 Å². The number of nitrogens with one attached hydrogen (secondary N) is 1. The molecule has 146 valence electrons. The molecule has 2 aliphatic rings. The molecule has 0 spiro atoms. The third kappa shape index (κ3) is 3.87. The lowest BCUT2D eigenvalue weighted by Crippen LogP contribution is -2.40. The lowest BCUT2D eigenvalue weighted by Gasteiger charge is -2.27. The monoisotopic (exact) mass is 379 g/mol. The van der Waals surface area contributed by atoms with Crippen molar-refractivity contribution in [3.63, 3.8) is 0 Å². The normalized spacial score (nSPS) is 19.8. The molecular formula is C22H25N3O3. The van der Waals surface area contributed by atoms with E-state index in [2.05, 4.69) is 5.32 Å². The maximum absolute atomic E-state index is 12.8. The van der Waals surface area contributed by atoms with Gasteiger partial charge in [0.1, 0.15) is 6.04 Å². The molecule has 0 aliphatic carbocycles. The van der Waals surface area contributed by atoms with Crippen molar-refractivity contribution < 1.29 is 14.3 Å². The van der Waals surface area contributed by atoms with Crippen LogP contribution in [0.25, 0.3) is 0 Å². The van der Waals surface area contributed by atoms with Crippen molar-refractivity contribution >= 4 is 23.2 Å². The number of benzene rings is 2. The van der Waals surface area contributed by atoms with Gasteiger partial charge in [0, 0.05) is 36.6 Å². The van der Waals surface area contributed by atoms with Crippen LogP contribution >= 0.6 is 0 Å². The molecule has 0 aromatic heterocycles. The second-order valence-corrected chi connectivity index (χ2v) is 7.30. The zero-order chi connectivity index (χ0) is 19.5. The molecule has 0 radical (unpaired) electrons. The van der Waals surface area contributed by atoms with Gasteiger partial charge in [-0.1, -0.05) is 23.8 Å². The number of hydrogen-bond donors (Lipinski definition) is 1. The summed E-state index contributed by atoms with van der Waals surface area (Å²) in [5.74, 6) is 0.0692. The van der Waals surface area contributed by atoms with E-state index in [9.17, 15) is 9.59 Å². The molecule has 2 aromatic rings. The third-order valence-electron chi connectivity index (χ3n) is 5.30. The summed E-state index contributed by atoms with van der Waals surface area (Å²) in [7, 11) is 0. The van der Waals surface area contributed by atoms with E-state index < -0.39 is 0 Å². The van der Waals surface area contributed by atoms with Gasteiger partial charge in [-0.3, -0.25) is 9.59 Å². The van der Waals surface area contributed by atoms with E-state index in [1.54, 1.807) is 0 Å². The number of carbonyl (C=O) groups is 2. The van der Waals surface area contributed by atoms with Crippen LogP contribution in [-0.4, -0.2) is 55.6 Å². The summed E-state index contributed by atoms with van der Waals surface area (Å²) in [6.45, 7) is 5.10. The number of hydrogen-bond acceptors (Lipinski definition) is 4. The van der Waals surface area contributed by atoms with Crippen LogP contribution in [-0.2, 0) is 9.53 Å². The Balaban J connectivity index is 1.44. The lowest BCUT2D eigenvalue weighted by molar-refractivity contribution is -0.117. The first kappa shape index (κ1) is 18.5. The summed E-state index contributed by atoms with van der Waals surface area (Å²) < 4.78 is 5.31. The molecular weight excluding hydrogens is 354 g/mol. The van der Waals surface area contributed by atoms with Gasteiger partial charge in [0.2, 0.25) is 5.91 Å². The minimum Gasteiger partial charge on any atom is -0.378 e. The maximum atomic E-state index is 12.8.